The van der Waals surface area contributed by atoms with Crippen LogP contribution in [-0.4, -0.2) is 18.1 Å². The summed E-state index contributed by atoms with van der Waals surface area (Å²) < 4.78 is 5.60. The van der Waals surface area contributed by atoms with Crippen molar-refractivity contribution in [3.8, 4) is 5.75 Å². The van der Waals surface area contributed by atoms with Crippen molar-refractivity contribution in [2.75, 3.05) is 0 Å². The number of para-hydroxylation sites is 1. The molecule has 3 nitrogen and oxygen atoms in total. The van der Waals surface area contributed by atoms with Crippen LogP contribution in [0.25, 0.3) is 0 Å². The molecule has 0 bridgehead atoms. The van der Waals surface area contributed by atoms with Crippen molar-refractivity contribution in [1.82, 2.24) is 5.32 Å². The fourth-order valence-corrected chi connectivity index (χ4v) is 1.33. The first-order valence-corrected chi connectivity index (χ1v) is 5.53. The third-order valence-electron chi connectivity index (χ3n) is 2.20. The van der Waals surface area contributed by atoms with Gasteiger partial charge in [0.05, 0.1) is 0 Å². The van der Waals surface area contributed by atoms with Crippen LogP contribution in [0.5, 0.6) is 5.75 Å². The van der Waals surface area contributed by atoms with Gasteiger partial charge in [-0.05, 0) is 39.3 Å². The van der Waals surface area contributed by atoms with E-state index in [1.165, 1.54) is 0 Å². The molecule has 0 heterocycles. The molecule has 0 aliphatic rings. The standard InChI is InChI=1S/C13H19NO2/c1-9(2)14-13(15)11(4)16-12-8-6-5-7-10(12)3/h5-9,11H,1-4H3,(H,14,15)/t11-/m0/s1. The van der Waals surface area contributed by atoms with E-state index >= 15 is 0 Å². The van der Waals surface area contributed by atoms with Gasteiger partial charge in [0.25, 0.3) is 5.91 Å². The number of aryl methyl sites for hydroxylation is 1. The first-order chi connectivity index (χ1) is 7.50. The predicted molar refractivity (Wildman–Crippen MR) is 64.5 cm³/mol. The van der Waals surface area contributed by atoms with E-state index in [4.69, 9.17) is 4.74 Å². The minimum Gasteiger partial charge on any atom is -0.481 e. The number of benzene rings is 1. The number of carbonyl (C=O) groups excluding carboxylic acids is 1. The molecule has 0 aliphatic carbocycles. The molecule has 1 aromatic carbocycles. The summed E-state index contributed by atoms with van der Waals surface area (Å²) in [7, 11) is 0. The number of hydrogen-bond donors (Lipinski definition) is 1. The monoisotopic (exact) mass is 221 g/mol. The van der Waals surface area contributed by atoms with Crippen molar-refractivity contribution in [1.29, 1.82) is 0 Å². The van der Waals surface area contributed by atoms with Gasteiger partial charge in [0, 0.05) is 6.04 Å². The minimum absolute atomic E-state index is 0.0850. The van der Waals surface area contributed by atoms with E-state index in [0.717, 1.165) is 11.3 Å². The Morgan fingerprint density at radius 1 is 1.25 bits per heavy atom. The first-order valence-electron chi connectivity index (χ1n) is 5.53. The molecule has 0 aromatic heterocycles. The Kier molecular flexibility index (Phi) is 4.35. The lowest BCUT2D eigenvalue weighted by molar-refractivity contribution is -0.127. The Hall–Kier alpha value is -1.51. The molecule has 0 aliphatic heterocycles. The number of amides is 1. The van der Waals surface area contributed by atoms with Crippen molar-refractivity contribution in [3.05, 3.63) is 29.8 Å². The number of ether oxygens (including phenoxy) is 1. The molecule has 3 heteroatoms. The molecule has 1 rings (SSSR count). The molecule has 1 atom stereocenters. The Labute approximate surface area is 96.8 Å². The minimum atomic E-state index is -0.469. The molecule has 1 N–H and O–H groups in total. The molecule has 16 heavy (non-hydrogen) atoms. The summed E-state index contributed by atoms with van der Waals surface area (Å²) >= 11 is 0. The van der Waals surface area contributed by atoms with Gasteiger partial charge in [0.15, 0.2) is 6.10 Å². The lowest BCUT2D eigenvalue weighted by Crippen LogP contribution is -2.40. The highest BCUT2D eigenvalue weighted by atomic mass is 16.5. The molecule has 0 unspecified atom stereocenters. The topological polar surface area (TPSA) is 38.3 Å². The molecule has 0 spiro atoms. The lowest BCUT2D eigenvalue weighted by atomic mass is 10.2. The van der Waals surface area contributed by atoms with Gasteiger partial charge in [-0.1, -0.05) is 18.2 Å². The van der Waals surface area contributed by atoms with Crippen LogP contribution in [0.4, 0.5) is 0 Å². The van der Waals surface area contributed by atoms with Crippen LogP contribution in [0.1, 0.15) is 26.3 Å². The maximum Gasteiger partial charge on any atom is 0.260 e. The van der Waals surface area contributed by atoms with E-state index in [1.807, 2.05) is 45.0 Å². The van der Waals surface area contributed by atoms with Crippen molar-refractivity contribution in [2.24, 2.45) is 0 Å². The third-order valence-corrected chi connectivity index (χ3v) is 2.20. The zero-order valence-electron chi connectivity index (χ0n) is 10.3. The highest BCUT2D eigenvalue weighted by molar-refractivity contribution is 5.80. The van der Waals surface area contributed by atoms with Gasteiger partial charge in [-0.2, -0.15) is 0 Å². The predicted octanol–water partition coefficient (Wildman–Crippen LogP) is 2.29. The van der Waals surface area contributed by atoms with Crippen LogP contribution in [0, 0.1) is 6.92 Å². The normalized spacial score (nSPS) is 12.3. The summed E-state index contributed by atoms with van der Waals surface area (Å²) in [6.45, 7) is 7.57. The van der Waals surface area contributed by atoms with Crippen molar-refractivity contribution in [2.45, 2.75) is 39.8 Å². The number of rotatable bonds is 4. The average Bonchev–Trinajstić information content (AvgIpc) is 2.20. The van der Waals surface area contributed by atoms with E-state index < -0.39 is 6.10 Å². The fraction of sp³-hybridized carbons (Fsp3) is 0.462. The fourth-order valence-electron chi connectivity index (χ4n) is 1.33. The van der Waals surface area contributed by atoms with Gasteiger partial charge < -0.3 is 10.1 Å². The smallest absolute Gasteiger partial charge is 0.260 e. The summed E-state index contributed by atoms with van der Waals surface area (Å²) in [5.74, 6) is 0.673. The second kappa shape index (κ2) is 5.54. The molecule has 1 amide bonds. The second-order valence-corrected chi connectivity index (χ2v) is 4.19. The largest absolute Gasteiger partial charge is 0.481 e. The number of nitrogens with one attached hydrogen (secondary N) is 1. The van der Waals surface area contributed by atoms with Gasteiger partial charge in [0.1, 0.15) is 5.75 Å². The Balaban J connectivity index is 2.61. The first kappa shape index (κ1) is 12.6. The van der Waals surface area contributed by atoms with Crippen LogP contribution in [-0.2, 0) is 4.79 Å². The van der Waals surface area contributed by atoms with Gasteiger partial charge in [-0.3, -0.25) is 4.79 Å². The van der Waals surface area contributed by atoms with Gasteiger partial charge in [-0.25, -0.2) is 0 Å². The zero-order chi connectivity index (χ0) is 12.1. The van der Waals surface area contributed by atoms with Crippen LogP contribution in [0.3, 0.4) is 0 Å². The molecule has 0 saturated heterocycles. The van der Waals surface area contributed by atoms with E-state index in [2.05, 4.69) is 5.32 Å². The van der Waals surface area contributed by atoms with Crippen LogP contribution in [0.2, 0.25) is 0 Å². The molecule has 0 fully saturated rings. The second-order valence-electron chi connectivity index (χ2n) is 4.19. The summed E-state index contributed by atoms with van der Waals surface area (Å²) in [5, 5.41) is 2.82. The van der Waals surface area contributed by atoms with Crippen molar-refractivity contribution < 1.29 is 9.53 Å². The van der Waals surface area contributed by atoms with Crippen molar-refractivity contribution >= 4 is 5.91 Å². The van der Waals surface area contributed by atoms with E-state index in [1.54, 1.807) is 6.92 Å². The summed E-state index contributed by atoms with van der Waals surface area (Å²) in [4.78, 5) is 11.6. The highest BCUT2D eigenvalue weighted by Gasteiger charge is 2.15. The van der Waals surface area contributed by atoms with Crippen molar-refractivity contribution in [3.63, 3.8) is 0 Å². The van der Waals surface area contributed by atoms with Crippen LogP contribution >= 0.6 is 0 Å². The Bertz CT molecular complexity index is 361. The Morgan fingerprint density at radius 2 is 1.88 bits per heavy atom. The summed E-state index contributed by atoms with van der Waals surface area (Å²) in [6.07, 6.45) is -0.469. The molecule has 0 radical (unpaired) electrons. The highest BCUT2D eigenvalue weighted by Crippen LogP contribution is 2.17. The quantitative estimate of drug-likeness (QED) is 0.847. The van der Waals surface area contributed by atoms with Gasteiger partial charge >= 0.3 is 0 Å². The molecule has 88 valence electrons. The molecular formula is C13H19NO2. The molecule has 1 aromatic rings. The Morgan fingerprint density at radius 3 is 2.44 bits per heavy atom. The van der Waals surface area contributed by atoms with Gasteiger partial charge in [-0.15, -0.1) is 0 Å². The van der Waals surface area contributed by atoms with Gasteiger partial charge in [0.2, 0.25) is 0 Å². The number of carbonyl (C=O) groups is 1. The number of hydrogen-bond acceptors (Lipinski definition) is 2. The van der Waals surface area contributed by atoms with Crippen LogP contribution in [0.15, 0.2) is 24.3 Å². The summed E-state index contributed by atoms with van der Waals surface area (Å²) in [5.41, 5.74) is 1.03. The SMILES string of the molecule is Cc1ccccc1O[C@@H](C)C(=O)NC(C)C. The van der Waals surface area contributed by atoms with E-state index in [-0.39, 0.29) is 11.9 Å². The van der Waals surface area contributed by atoms with Crippen LogP contribution < -0.4 is 10.1 Å². The maximum absolute atomic E-state index is 11.6. The van der Waals surface area contributed by atoms with E-state index in [9.17, 15) is 4.79 Å². The molecular weight excluding hydrogens is 202 g/mol. The van der Waals surface area contributed by atoms with E-state index in [0.29, 0.717) is 0 Å². The molecule has 0 saturated carbocycles. The third kappa shape index (κ3) is 3.57. The maximum atomic E-state index is 11.6. The summed E-state index contributed by atoms with van der Waals surface area (Å²) in [6, 6.07) is 7.81. The lowest BCUT2D eigenvalue weighted by Gasteiger charge is -2.17. The zero-order valence-corrected chi connectivity index (χ0v) is 10.3. The average molecular weight is 221 g/mol.